The minimum absolute atomic E-state index is 0.629. The number of benzene rings is 1. The molecular formula is C16H22N2. The molecule has 96 valence electrons. The van der Waals surface area contributed by atoms with E-state index in [1.807, 2.05) is 4.68 Å². The Morgan fingerprint density at radius 3 is 2.33 bits per heavy atom. The Balaban J connectivity index is 2.28. The van der Waals surface area contributed by atoms with Crippen molar-refractivity contribution in [1.29, 1.82) is 0 Å². The first-order valence-electron chi connectivity index (χ1n) is 6.81. The fraction of sp³-hybridized carbons (Fsp3) is 0.438. The number of hydrogen-bond acceptors (Lipinski definition) is 1. The van der Waals surface area contributed by atoms with Crippen LogP contribution in [0.2, 0.25) is 0 Å². The van der Waals surface area contributed by atoms with Gasteiger partial charge in [0.05, 0.1) is 11.4 Å². The van der Waals surface area contributed by atoms with Gasteiger partial charge in [0.1, 0.15) is 0 Å². The average Bonchev–Trinajstić information content (AvgIpc) is 2.79. The summed E-state index contributed by atoms with van der Waals surface area (Å²) in [5.41, 5.74) is 5.00. The Morgan fingerprint density at radius 2 is 1.83 bits per heavy atom. The lowest BCUT2D eigenvalue weighted by molar-refractivity contribution is 0.732. The van der Waals surface area contributed by atoms with E-state index in [1.165, 1.54) is 17.5 Å². The first-order chi connectivity index (χ1) is 8.65. The van der Waals surface area contributed by atoms with Crippen LogP contribution in [0, 0.1) is 6.92 Å². The average molecular weight is 242 g/mol. The molecule has 2 aromatic rings. The van der Waals surface area contributed by atoms with E-state index in [0.29, 0.717) is 5.92 Å². The summed E-state index contributed by atoms with van der Waals surface area (Å²) in [4.78, 5) is 0. The largest absolute Gasteiger partial charge is 0.240 e. The molecule has 0 saturated heterocycles. The van der Waals surface area contributed by atoms with Crippen LogP contribution < -0.4 is 0 Å². The second-order valence-corrected chi connectivity index (χ2v) is 4.94. The van der Waals surface area contributed by atoms with Crippen molar-refractivity contribution in [2.24, 2.45) is 0 Å². The Morgan fingerprint density at radius 1 is 1.17 bits per heavy atom. The van der Waals surface area contributed by atoms with Crippen molar-refractivity contribution in [1.82, 2.24) is 9.78 Å². The number of hydrogen-bond donors (Lipinski definition) is 0. The van der Waals surface area contributed by atoms with Gasteiger partial charge in [-0.2, -0.15) is 5.10 Å². The molecule has 1 aromatic carbocycles. The zero-order chi connectivity index (χ0) is 13.1. The molecule has 0 radical (unpaired) electrons. The highest BCUT2D eigenvalue weighted by Gasteiger charge is 2.06. The van der Waals surface area contributed by atoms with Crippen molar-refractivity contribution in [3.8, 4) is 5.69 Å². The van der Waals surface area contributed by atoms with Gasteiger partial charge in [0, 0.05) is 6.20 Å². The van der Waals surface area contributed by atoms with Crippen molar-refractivity contribution < 1.29 is 0 Å². The van der Waals surface area contributed by atoms with Crippen molar-refractivity contribution in [3.05, 3.63) is 47.3 Å². The SMILES string of the molecule is CCc1cn(-c2ccc(C(C)CC)cc2)nc1C. The third kappa shape index (κ3) is 2.47. The molecule has 0 aliphatic heterocycles. The van der Waals surface area contributed by atoms with E-state index in [-0.39, 0.29) is 0 Å². The van der Waals surface area contributed by atoms with Crippen LogP contribution in [0.25, 0.3) is 5.69 Å². The van der Waals surface area contributed by atoms with Gasteiger partial charge >= 0.3 is 0 Å². The molecule has 0 amide bonds. The molecule has 1 unspecified atom stereocenters. The van der Waals surface area contributed by atoms with Crippen molar-refractivity contribution >= 4 is 0 Å². The predicted octanol–water partition coefficient (Wildman–Crippen LogP) is 4.26. The van der Waals surface area contributed by atoms with E-state index >= 15 is 0 Å². The predicted molar refractivity (Wildman–Crippen MR) is 76.4 cm³/mol. The van der Waals surface area contributed by atoms with Crippen LogP contribution in [-0.4, -0.2) is 9.78 Å². The van der Waals surface area contributed by atoms with Gasteiger partial charge in [0.2, 0.25) is 0 Å². The first-order valence-corrected chi connectivity index (χ1v) is 6.81. The van der Waals surface area contributed by atoms with Gasteiger partial charge < -0.3 is 0 Å². The van der Waals surface area contributed by atoms with Gasteiger partial charge in [0.15, 0.2) is 0 Å². The maximum absolute atomic E-state index is 4.56. The Bertz CT molecular complexity index is 508. The Kier molecular flexibility index (Phi) is 3.85. The molecule has 0 aliphatic rings. The third-order valence-electron chi connectivity index (χ3n) is 3.72. The van der Waals surface area contributed by atoms with E-state index in [0.717, 1.165) is 17.8 Å². The maximum atomic E-state index is 4.56. The molecule has 0 saturated carbocycles. The van der Waals surface area contributed by atoms with Gasteiger partial charge in [-0.05, 0) is 48.9 Å². The van der Waals surface area contributed by atoms with Crippen LogP contribution >= 0.6 is 0 Å². The molecule has 0 N–H and O–H groups in total. The molecule has 0 spiro atoms. The van der Waals surface area contributed by atoms with E-state index in [1.54, 1.807) is 0 Å². The minimum Gasteiger partial charge on any atom is -0.240 e. The zero-order valence-electron chi connectivity index (χ0n) is 11.8. The van der Waals surface area contributed by atoms with Crippen molar-refractivity contribution in [2.75, 3.05) is 0 Å². The number of nitrogens with zero attached hydrogens (tertiary/aromatic N) is 2. The molecule has 2 nitrogen and oxygen atoms in total. The van der Waals surface area contributed by atoms with E-state index in [2.05, 4.69) is 63.3 Å². The van der Waals surface area contributed by atoms with Crippen molar-refractivity contribution in [2.45, 2.75) is 46.5 Å². The van der Waals surface area contributed by atoms with Crippen LogP contribution in [0.15, 0.2) is 30.5 Å². The second kappa shape index (κ2) is 5.38. The molecule has 0 fully saturated rings. The van der Waals surface area contributed by atoms with Gasteiger partial charge in [-0.25, -0.2) is 4.68 Å². The zero-order valence-corrected chi connectivity index (χ0v) is 11.8. The highest BCUT2D eigenvalue weighted by Crippen LogP contribution is 2.20. The minimum atomic E-state index is 0.629. The lowest BCUT2D eigenvalue weighted by Crippen LogP contribution is -1.96. The smallest absolute Gasteiger partial charge is 0.0645 e. The van der Waals surface area contributed by atoms with Crippen LogP contribution in [0.1, 0.15) is 49.9 Å². The van der Waals surface area contributed by atoms with Crippen LogP contribution in [0.3, 0.4) is 0 Å². The topological polar surface area (TPSA) is 17.8 Å². The van der Waals surface area contributed by atoms with Gasteiger partial charge in [-0.1, -0.05) is 32.9 Å². The van der Waals surface area contributed by atoms with E-state index < -0.39 is 0 Å². The summed E-state index contributed by atoms with van der Waals surface area (Å²) in [6.45, 7) is 8.73. The summed E-state index contributed by atoms with van der Waals surface area (Å²) in [5.74, 6) is 0.629. The molecule has 18 heavy (non-hydrogen) atoms. The van der Waals surface area contributed by atoms with E-state index in [9.17, 15) is 0 Å². The summed E-state index contributed by atoms with van der Waals surface area (Å²) in [7, 11) is 0. The fourth-order valence-corrected chi connectivity index (χ4v) is 2.17. The highest BCUT2D eigenvalue weighted by molar-refractivity contribution is 5.36. The summed E-state index contributed by atoms with van der Waals surface area (Å²) in [6, 6.07) is 8.75. The van der Waals surface area contributed by atoms with Crippen LogP contribution in [0.5, 0.6) is 0 Å². The van der Waals surface area contributed by atoms with E-state index in [4.69, 9.17) is 0 Å². The highest BCUT2D eigenvalue weighted by atomic mass is 15.3. The first kappa shape index (κ1) is 12.9. The molecule has 0 bridgehead atoms. The molecule has 1 atom stereocenters. The monoisotopic (exact) mass is 242 g/mol. The molecular weight excluding hydrogens is 220 g/mol. The summed E-state index contributed by atoms with van der Waals surface area (Å²) >= 11 is 0. The molecule has 1 heterocycles. The normalized spacial score (nSPS) is 12.7. The fourth-order valence-electron chi connectivity index (χ4n) is 2.17. The molecule has 0 aliphatic carbocycles. The number of rotatable bonds is 4. The maximum Gasteiger partial charge on any atom is 0.0645 e. The van der Waals surface area contributed by atoms with Crippen LogP contribution in [-0.2, 0) is 6.42 Å². The quantitative estimate of drug-likeness (QED) is 0.783. The Hall–Kier alpha value is -1.57. The van der Waals surface area contributed by atoms with Crippen molar-refractivity contribution in [3.63, 3.8) is 0 Å². The third-order valence-corrected chi connectivity index (χ3v) is 3.72. The molecule has 2 rings (SSSR count). The summed E-state index contributed by atoms with van der Waals surface area (Å²) < 4.78 is 1.98. The lowest BCUT2D eigenvalue weighted by Gasteiger charge is -2.09. The number of aromatic nitrogens is 2. The number of aryl methyl sites for hydroxylation is 2. The molecule has 1 aromatic heterocycles. The summed E-state index contributed by atoms with van der Waals surface area (Å²) in [5, 5.41) is 4.56. The second-order valence-electron chi connectivity index (χ2n) is 4.94. The van der Waals surface area contributed by atoms with Crippen LogP contribution in [0.4, 0.5) is 0 Å². The lowest BCUT2D eigenvalue weighted by atomic mass is 9.99. The Labute approximate surface area is 110 Å². The molecule has 2 heteroatoms. The van der Waals surface area contributed by atoms with Gasteiger partial charge in [-0.15, -0.1) is 0 Å². The van der Waals surface area contributed by atoms with Gasteiger partial charge in [0.25, 0.3) is 0 Å². The summed E-state index contributed by atoms with van der Waals surface area (Å²) in [6.07, 6.45) is 4.35. The van der Waals surface area contributed by atoms with Gasteiger partial charge in [-0.3, -0.25) is 0 Å². The standard InChI is InChI=1S/C16H22N2/c1-5-12(3)15-7-9-16(10-8-15)18-11-14(6-2)13(4)17-18/h7-12H,5-6H2,1-4H3.